The van der Waals surface area contributed by atoms with Gasteiger partial charge in [0.15, 0.2) is 0 Å². The first-order chi connectivity index (χ1) is 17.9. The molecule has 2 aliphatic rings. The lowest BCUT2D eigenvalue weighted by atomic mass is 9.95. The van der Waals surface area contributed by atoms with E-state index in [0.29, 0.717) is 11.3 Å². The van der Waals surface area contributed by atoms with Crippen molar-refractivity contribution in [3.63, 3.8) is 0 Å². The van der Waals surface area contributed by atoms with Crippen molar-refractivity contribution in [2.24, 2.45) is 0 Å². The van der Waals surface area contributed by atoms with Crippen LogP contribution in [-0.2, 0) is 6.54 Å². The van der Waals surface area contributed by atoms with Gasteiger partial charge in [-0.2, -0.15) is 0 Å². The van der Waals surface area contributed by atoms with Crippen molar-refractivity contribution < 1.29 is 15.0 Å². The third-order valence-electron chi connectivity index (χ3n) is 7.90. The summed E-state index contributed by atoms with van der Waals surface area (Å²) in [5.74, 6) is 0.0605. The van der Waals surface area contributed by atoms with Gasteiger partial charge in [0, 0.05) is 29.9 Å². The molecule has 0 unspecified atom stereocenters. The van der Waals surface area contributed by atoms with Crippen LogP contribution in [0.25, 0.3) is 16.9 Å². The lowest BCUT2D eigenvalue weighted by Gasteiger charge is -2.23. The van der Waals surface area contributed by atoms with Crippen molar-refractivity contribution in [3.8, 4) is 28.4 Å². The minimum atomic E-state index is -0.0957. The van der Waals surface area contributed by atoms with Gasteiger partial charge in [-0.25, -0.2) is 0 Å². The van der Waals surface area contributed by atoms with Gasteiger partial charge >= 0.3 is 0 Å². The van der Waals surface area contributed by atoms with E-state index in [1.54, 1.807) is 0 Å². The predicted octanol–water partition coefficient (Wildman–Crippen LogP) is 6.34. The number of aromatic nitrogens is 1. The summed E-state index contributed by atoms with van der Waals surface area (Å²) < 4.78 is 1.94. The summed E-state index contributed by atoms with van der Waals surface area (Å²) in [5, 5.41) is 24.5. The molecule has 1 aliphatic heterocycles. The molecule has 0 spiro atoms. The van der Waals surface area contributed by atoms with E-state index in [2.05, 4.69) is 34.5 Å². The molecule has 3 aromatic rings. The number of amides is 1. The van der Waals surface area contributed by atoms with Gasteiger partial charge in [-0.05, 0) is 86.1 Å². The number of nitrogens with one attached hydrogen (secondary N) is 1. The number of rotatable bonds is 7. The van der Waals surface area contributed by atoms with Crippen LogP contribution in [-0.4, -0.2) is 44.7 Å². The molecule has 5 rings (SSSR count). The molecule has 1 saturated carbocycles. The fraction of sp³-hybridized carbons (Fsp3) is 0.452. The van der Waals surface area contributed by atoms with Crippen LogP contribution in [0.1, 0.15) is 86.3 Å². The number of likely N-dealkylation sites (tertiary alicyclic amines) is 1. The molecular formula is C31H39N3O3. The van der Waals surface area contributed by atoms with E-state index in [1.165, 1.54) is 30.9 Å². The van der Waals surface area contributed by atoms with Crippen LogP contribution < -0.4 is 5.32 Å². The fourth-order valence-corrected chi connectivity index (χ4v) is 5.82. The third kappa shape index (κ3) is 5.54. The first-order valence-electron chi connectivity index (χ1n) is 13.8. The first-order valence-corrected chi connectivity index (χ1v) is 13.8. The van der Waals surface area contributed by atoms with Crippen LogP contribution in [0.5, 0.6) is 11.5 Å². The maximum atomic E-state index is 13.5. The highest BCUT2D eigenvalue weighted by Gasteiger charge is 2.24. The van der Waals surface area contributed by atoms with Crippen LogP contribution in [0, 0.1) is 0 Å². The Morgan fingerprint density at radius 2 is 1.62 bits per heavy atom. The van der Waals surface area contributed by atoms with E-state index in [-0.39, 0.29) is 29.4 Å². The Balaban J connectivity index is 1.54. The Bertz CT molecular complexity index is 1230. The quantitative estimate of drug-likeness (QED) is 0.353. The molecule has 0 bridgehead atoms. The number of phenolic OH excluding ortho intramolecular Hbond substituents is 2. The SMILES string of the molecule is CC(C)c1cc(-c2ccc(C(=O)NC3CCCCC3)n2-c2ccc(CN3CCCC3)cc2)c(O)cc1O. The maximum absolute atomic E-state index is 13.5. The van der Waals surface area contributed by atoms with Gasteiger partial charge in [0.05, 0.1) is 5.69 Å². The largest absolute Gasteiger partial charge is 0.508 e. The van der Waals surface area contributed by atoms with Gasteiger partial charge in [-0.1, -0.05) is 45.2 Å². The zero-order chi connectivity index (χ0) is 25.9. The van der Waals surface area contributed by atoms with Gasteiger partial charge in [-0.15, -0.1) is 0 Å². The molecule has 2 fully saturated rings. The number of nitrogens with zero attached hydrogens (tertiary/aromatic N) is 2. The van der Waals surface area contributed by atoms with Crippen molar-refractivity contribution in [2.45, 2.75) is 77.3 Å². The number of hydrogen-bond donors (Lipinski definition) is 3. The minimum Gasteiger partial charge on any atom is -0.508 e. The molecule has 0 radical (unpaired) electrons. The van der Waals surface area contributed by atoms with Gasteiger partial charge in [0.25, 0.3) is 5.91 Å². The van der Waals surface area contributed by atoms with Crippen molar-refractivity contribution in [3.05, 3.63) is 65.4 Å². The van der Waals surface area contributed by atoms with Gasteiger partial charge < -0.3 is 20.1 Å². The van der Waals surface area contributed by atoms with Gasteiger partial charge in [0.1, 0.15) is 17.2 Å². The van der Waals surface area contributed by atoms with Crippen LogP contribution in [0.4, 0.5) is 0 Å². The lowest BCUT2D eigenvalue weighted by molar-refractivity contribution is 0.0921. The van der Waals surface area contributed by atoms with Crippen LogP contribution in [0.2, 0.25) is 0 Å². The normalized spacial score (nSPS) is 16.9. The number of carbonyl (C=O) groups is 1. The topological polar surface area (TPSA) is 77.7 Å². The van der Waals surface area contributed by atoms with E-state index in [1.807, 2.05) is 36.6 Å². The monoisotopic (exact) mass is 501 g/mol. The Morgan fingerprint density at radius 3 is 2.30 bits per heavy atom. The summed E-state index contributed by atoms with van der Waals surface area (Å²) in [6.07, 6.45) is 8.08. The number of hydrogen-bond acceptors (Lipinski definition) is 4. The Hall–Kier alpha value is -3.25. The minimum absolute atomic E-state index is 0.00820. The van der Waals surface area contributed by atoms with Crippen LogP contribution in [0.15, 0.2) is 48.5 Å². The smallest absolute Gasteiger partial charge is 0.268 e. The van der Waals surface area contributed by atoms with Gasteiger partial charge in [0.2, 0.25) is 0 Å². The van der Waals surface area contributed by atoms with Crippen LogP contribution in [0.3, 0.4) is 0 Å². The van der Waals surface area contributed by atoms with E-state index in [0.717, 1.165) is 62.3 Å². The van der Waals surface area contributed by atoms with Crippen LogP contribution >= 0.6 is 0 Å². The second-order valence-electron chi connectivity index (χ2n) is 11.0. The summed E-state index contributed by atoms with van der Waals surface area (Å²) >= 11 is 0. The molecule has 2 aromatic carbocycles. The molecule has 1 aliphatic carbocycles. The average molecular weight is 502 g/mol. The zero-order valence-electron chi connectivity index (χ0n) is 22.0. The highest BCUT2D eigenvalue weighted by Crippen LogP contribution is 2.39. The summed E-state index contributed by atoms with van der Waals surface area (Å²) in [4.78, 5) is 16.0. The molecule has 2 heterocycles. The molecule has 1 amide bonds. The molecular weight excluding hydrogens is 462 g/mol. The van der Waals surface area contributed by atoms with Crippen molar-refractivity contribution in [1.82, 2.24) is 14.8 Å². The number of carbonyl (C=O) groups excluding carboxylic acids is 1. The van der Waals surface area contributed by atoms with Crippen molar-refractivity contribution >= 4 is 5.91 Å². The molecule has 6 heteroatoms. The zero-order valence-corrected chi connectivity index (χ0v) is 22.0. The molecule has 0 atom stereocenters. The molecule has 196 valence electrons. The Kier molecular flexibility index (Phi) is 7.56. The van der Waals surface area contributed by atoms with E-state index < -0.39 is 0 Å². The van der Waals surface area contributed by atoms with E-state index in [9.17, 15) is 15.0 Å². The Morgan fingerprint density at radius 1 is 0.919 bits per heavy atom. The molecule has 1 aromatic heterocycles. The number of aromatic hydroxyl groups is 2. The highest BCUT2D eigenvalue weighted by molar-refractivity contribution is 5.95. The molecule has 1 saturated heterocycles. The highest BCUT2D eigenvalue weighted by atomic mass is 16.3. The van der Waals surface area contributed by atoms with E-state index >= 15 is 0 Å². The summed E-state index contributed by atoms with van der Waals surface area (Å²) in [7, 11) is 0. The molecule has 37 heavy (non-hydrogen) atoms. The maximum Gasteiger partial charge on any atom is 0.268 e. The summed E-state index contributed by atoms with van der Waals surface area (Å²) in [6.45, 7) is 7.25. The predicted molar refractivity (Wildman–Crippen MR) is 147 cm³/mol. The Labute approximate surface area is 219 Å². The van der Waals surface area contributed by atoms with E-state index in [4.69, 9.17) is 0 Å². The second kappa shape index (κ2) is 11.0. The van der Waals surface area contributed by atoms with Gasteiger partial charge in [-0.3, -0.25) is 9.69 Å². The molecule has 6 nitrogen and oxygen atoms in total. The lowest BCUT2D eigenvalue weighted by Crippen LogP contribution is -2.37. The third-order valence-corrected chi connectivity index (χ3v) is 7.90. The summed E-state index contributed by atoms with van der Waals surface area (Å²) in [5.41, 5.74) is 4.75. The number of phenols is 2. The number of benzene rings is 2. The standard InChI is InChI=1S/C31H39N3O3/c1-21(2)25-18-26(30(36)19-29(25)35)27-14-15-28(31(37)32-23-8-4-3-5-9-23)34(27)24-12-10-22(11-13-24)20-33-16-6-7-17-33/h10-15,18-19,21,23,35-36H,3-9,16-17,20H2,1-2H3,(H,32,37). The second-order valence-corrected chi connectivity index (χ2v) is 11.0. The molecule has 3 N–H and O–H groups in total. The summed E-state index contributed by atoms with van der Waals surface area (Å²) in [6, 6.07) is 15.6. The fourth-order valence-electron chi connectivity index (χ4n) is 5.82. The first kappa shape index (κ1) is 25.4. The average Bonchev–Trinajstić information content (AvgIpc) is 3.55. The van der Waals surface area contributed by atoms with Crippen molar-refractivity contribution in [2.75, 3.05) is 13.1 Å². The van der Waals surface area contributed by atoms with Crippen molar-refractivity contribution in [1.29, 1.82) is 0 Å².